The van der Waals surface area contributed by atoms with E-state index in [1.165, 1.54) is 13.2 Å². The second kappa shape index (κ2) is 9.34. The molecular weight excluding hydrogens is 423 g/mol. The Morgan fingerprint density at radius 3 is 3.00 bits per heavy atom. The minimum Gasteiger partial charge on any atom is -0.495 e. The summed E-state index contributed by atoms with van der Waals surface area (Å²) >= 11 is 6.05. The first-order chi connectivity index (χ1) is 15.0. The van der Waals surface area contributed by atoms with Gasteiger partial charge in [0.2, 0.25) is 11.7 Å². The Hall–Kier alpha value is -3.13. The van der Waals surface area contributed by atoms with Crippen molar-refractivity contribution in [2.24, 2.45) is 5.92 Å². The van der Waals surface area contributed by atoms with Crippen LogP contribution in [-0.4, -0.2) is 41.3 Å². The molecule has 1 fully saturated rings. The number of ether oxygens (including phenoxy) is 1. The van der Waals surface area contributed by atoms with Gasteiger partial charge < -0.3 is 19.5 Å². The van der Waals surface area contributed by atoms with Crippen molar-refractivity contribution >= 4 is 23.3 Å². The van der Waals surface area contributed by atoms with Crippen molar-refractivity contribution in [3.05, 3.63) is 59.2 Å². The van der Waals surface area contributed by atoms with Crippen LogP contribution in [0.5, 0.6) is 5.75 Å². The summed E-state index contributed by atoms with van der Waals surface area (Å²) in [6.45, 7) is 1.20. The second-order valence-corrected chi connectivity index (χ2v) is 7.86. The van der Waals surface area contributed by atoms with Crippen LogP contribution in [0, 0.1) is 11.7 Å². The van der Waals surface area contributed by atoms with Crippen LogP contribution in [0.25, 0.3) is 11.4 Å². The molecule has 0 radical (unpaired) electrons. The molecule has 31 heavy (non-hydrogen) atoms. The van der Waals surface area contributed by atoms with E-state index in [1.807, 2.05) is 0 Å². The Labute approximate surface area is 184 Å². The summed E-state index contributed by atoms with van der Waals surface area (Å²) in [6.07, 6.45) is 2.31. The fourth-order valence-electron chi connectivity index (χ4n) is 3.72. The lowest BCUT2D eigenvalue weighted by molar-refractivity contribution is 0.173. The molecule has 4 rings (SSSR count). The zero-order valence-corrected chi connectivity index (χ0v) is 17.7. The first kappa shape index (κ1) is 21.1. The Morgan fingerprint density at radius 2 is 2.19 bits per heavy atom. The van der Waals surface area contributed by atoms with Gasteiger partial charge in [0.05, 0.1) is 18.4 Å². The van der Waals surface area contributed by atoms with Crippen LogP contribution in [0.2, 0.25) is 5.02 Å². The molecule has 1 N–H and O–H groups in total. The smallest absolute Gasteiger partial charge is 0.321 e. The number of nitrogens with zero attached hydrogens (tertiary/aromatic N) is 3. The average Bonchev–Trinajstić information content (AvgIpc) is 3.22. The number of nitrogens with one attached hydrogen (secondary N) is 1. The lowest BCUT2D eigenvalue weighted by Crippen LogP contribution is -2.42. The van der Waals surface area contributed by atoms with Gasteiger partial charge >= 0.3 is 6.03 Å². The average molecular weight is 445 g/mol. The molecule has 0 spiro atoms. The topological polar surface area (TPSA) is 80.5 Å². The Bertz CT molecular complexity index is 1070. The molecule has 9 heteroatoms. The van der Waals surface area contributed by atoms with E-state index < -0.39 is 5.82 Å². The number of hydrogen-bond donors (Lipinski definition) is 1. The molecule has 0 aliphatic carbocycles. The van der Waals surface area contributed by atoms with Gasteiger partial charge in [0.25, 0.3) is 0 Å². The summed E-state index contributed by atoms with van der Waals surface area (Å²) < 4.78 is 24.6. The number of carbonyl (C=O) groups excluding carboxylic acids is 1. The fraction of sp³-hybridized carbons (Fsp3) is 0.318. The summed E-state index contributed by atoms with van der Waals surface area (Å²) in [6, 6.07) is 11.2. The van der Waals surface area contributed by atoms with Crippen molar-refractivity contribution in [2.45, 2.75) is 19.3 Å². The molecule has 1 aromatic heterocycles. The van der Waals surface area contributed by atoms with Gasteiger partial charge in [0.15, 0.2) is 0 Å². The number of urea groups is 1. The predicted molar refractivity (Wildman–Crippen MR) is 115 cm³/mol. The number of piperidine rings is 1. The zero-order valence-electron chi connectivity index (χ0n) is 17.0. The highest BCUT2D eigenvalue weighted by Gasteiger charge is 2.26. The molecule has 1 aliphatic rings. The molecule has 162 valence electrons. The maximum Gasteiger partial charge on any atom is 0.321 e. The van der Waals surface area contributed by atoms with Crippen molar-refractivity contribution in [2.75, 3.05) is 25.5 Å². The van der Waals surface area contributed by atoms with Crippen molar-refractivity contribution in [1.82, 2.24) is 15.0 Å². The summed E-state index contributed by atoms with van der Waals surface area (Å²) in [4.78, 5) is 18.9. The van der Waals surface area contributed by atoms with Gasteiger partial charge in [-0.2, -0.15) is 4.98 Å². The molecule has 1 atom stereocenters. The third kappa shape index (κ3) is 4.96. The number of likely N-dealkylation sites (tertiary alicyclic amines) is 1. The molecule has 7 nitrogen and oxygen atoms in total. The van der Waals surface area contributed by atoms with Gasteiger partial charge in [-0.25, -0.2) is 9.18 Å². The molecule has 1 unspecified atom stereocenters. The molecule has 3 aromatic rings. The molecule has 1 aliphatic heterocycles. The number of carbonyl (C=O) groups is 1. The maximum absolute atomic E-state index is 14.0. The van der Waals surface area contributed by atoms with Crippen LogP contribution in [0.4, 0.5) is 14.9 Å². The van der Waals surface area contributed by atoms with Gasteiger partial charge in [-0.05, 0) is 49.1 Å². The Balaban J connectivity index is 1.40. The van der Waals surface area contributed by atoms with E-state index in [-0.39, 0.29) is 17.8 Å². The first-order valence-electron chi connectivity index (χ1n) is 10.0. The highest BCUT2D eigenvalue weighted by atomic mass is 35.5. The molecule has 1 saturated heterocycles. The van der Waals surface area contributed by atoms with Crippen molar-refractivity contribution in [3.8, 4) is 17.1 Å². The summed E-state index contributed by atoms with van der Waals surface area (Å²) in [5, 5.41) is 7.29. The number of methoxy groups -OCH3 is 1. The van der Waals surface area contributed by atoms with E-state index >= 15 is 0 Å². The third-order valence-electron chi connectivity index (χ3n) is 5.26. The molecule has 0 bridgehead atoms. The predicted octanol–water partition coefficient (Wildman–Crippen LogP) is 5.02. The van der Waals surface area contributed by atoms with Crippen LogP contribution in [0.1, 0.15) is 18.7 Å². The van der Waals surface area contributed by atoms with Crippen LogP contribution in [0.15, 0.2) is 47.0 Å². The van der Waals surface area contributed by atoms with Gasteiger partial charge in [-0.15, -0.1) is 0 Å². The summed E-state index contributed by atoms with van der Waals surface area (Å²) in [5.41, 5.74) is 0.825. The zero-order chi connectivity index (χ0) is 21.8. The minimum atomic E-state index is -0.396. The standard InChI is InChI=1S/C22H22ClFN4O3/c1-30-19-9-8-15(23)12-18(19)25-22(29)28-10-4-5-14(13-28)11-20-26-21(27-31-20)16-6-2-3-7-17(16)24/h2-3,6-9,12,14H,4-5,10-11,13H2,1H3,(H,25,29). The highest BCUT2D eigenvalue weighted by Crippen LogP contribution is 2.29. The van der Waals surface area contributed by atoms with Gasteiger partial charge in [-0.1, -0.05) is 28.9 Å². The van der Waals surface area contributed by atoms with E-state index in [0.29, 0.717) is 47.4 Å². The number of hydrogen-bond acceptors (Lipinski definition) is 5. The van der Waals surface area contributed by atoms with Gasteiger partial charge in [-0.3, -0.25) is 0 Å². The summed E-state index contributed by atoms with van der Waals surface area (Å²) in [5.74, 6) is 0.966. The van der Waals surface area contributed by atoms with Crippen LogP contribution in [-0.2, 0) is 6.42 Å². The Morgan fingerprint density at radius 1 is 1.35 bits per heavy atom. The van der Waals surface area contributed by atoms with E-state index in [1.54, 1.807) is 41.3 Å². The van der Waals surface area contributed by atoms with Gasteiger partial charge in [0, 0.05) is 24.5 Å². The number of halogens is 2. The first-order valence-corrected chi connectivity index (χ1v) is 10.4. The van der Waals surface area contributed by atoms with Gasteiger partial charge in [0.1, 0.15) is 11.6 Å². The van der Waals surface area contributed by atoms with E-state index in [2.05, 4.69) is 15.5 Å². The lowest BCUT2D eigenvalue weighted by Gasteiger charge is -2.32. The quantitative estimate of drug-likeness (QED) is 0.597. The number of amides is 2. The Kier molecular flexibility index (Phi) is 6.36. The van der Waals surface area contributed by atoms with Crippen molar-refractivity contribution in [3.63, 3.8) is 0 Å². The highest BCUT2D eigenvalue weighted by molar-refractivity contribution is 6.31. The largest absolute Gasteiger partial charge is 0.495 e. The second-order valence-electron chi connectivity index (χ2n) is 7.42. The molecule has 0 saturated carbocycles. The van der Waals surface area contributed by atoms with Crippen molar-refractivity contribution < 1.29 is 18.4 Å². The third-order valence-corrected chi connectivity index (χ3v) is 5.49. The molecular formula is C22H22ClFN4O3. The monoisotopic (exact) mass is 444 g/mol. The van der Waals surface area contributed by atoms with Crippen molar-refractivity contribution in [1.29, 1.82) is 0 Å². The lowest BCUT2D eigenvalue weighted by atomic mass is 9.95. The molecule has 2 amide bonds. The van der Waals surface area contributed by atoms with E-state index in [9.17, 15) is 9.18 Å². The van der Waals surface area contributed by atoms with E-state index in [4.69, 9.17) is 20.9 Å². The number of aromatic nitrogens is 2. The number of anilines is 1. The minimum absolute atomic E-state index is 0.162. The number of rotatable bonds is 5. The molecule has 2 aromatic carbocycles. The van der Waals surface area contributed by atoms with Crippen LogP contribution >= 0.6 is 11.6 Å². The fourth-order valence-corrected chi connectivity index (χ4v) is 3.90. The SMILES string of the molecule is COc1ccc(Cl)cc1NC(=O)N1CCCC(Cc2nc(-c3ccccc3F)no2)C1. The van der Waals surface area contributed by atoms with E-state index in [0.717, 1.165) is 12.8 Å². The molecule has 2 heterocycles. The normalized spacial score (nSPS) is 16.2. The number of benzene rings is 2. The summed E-state index contributed by atoms with van der Waals surface area (Å²) in [7, 11) is 1.54. The van der Waals surface area contributed by atoms with Crippen LogP contribution < -0.4 is 10.1 Å². The maximum atomic E-state index is 14.0. The van der Waals surface area contributed by atoms with Crippen LogP contribution in [0.3, 0.4) is 0 Å².